The van der Waals surface area contributed by atoms with Crippen LogP contribution >= 0.6 is 0 Å². The largest absolute Gasteiger partial charge is 0.335 e. The molecule has 0 heterocycles. The molecular weight excluding hydrogens is 410 g/mol. The molecule has 0 fully saturated rings. The maximum absolute atomic E-state index is 2.58. The number of aryl methyl sites for hydroxylation is 2. The molecule has 4 aromatic rings. The van der Waals surface area contributed by atoms with Crippen molar-refractivity contribution in [2.45, 2.75) is 59.4 Å². The third kappa shape index (κ3) is 3.46. The van der Waals surface area contributed by atoms with Gasteiger partial charge in [0.1, 0.15) is 0 Å². The van der Waals surface area contributed by atoms with Crippen LogP contribution in [-0.4, -0.2) is 5.54 Å². The van der Waals surface area contributed by atoms with Crippen LogP contribution in [0.1, 0.15) is 56.9 Å². The summed E-state index contributed by atoms with van der Waals surface area (Å²) in [7, 11) is 0. The van der Waals surface area contributed by atoms with Crippen LogP contribution < -0.4 is 4.90 Å². The van der Waals surface area contributed by atoms with Gasteiger partial charge in [0.2, 0.25) is 0 Å². The van der Waals surface area contributed by atoms with E-state index in [1.165, 1.54) is 55.9 Å². The molecule has 34 heavy (non-hydrogen) atoms. The van der Waals surface area contributed by atoms with Gasteiger partial charge in [-0.05, 0) is 91.3 Å². The predicted octanol–water partition coefficient (Wildman–Crippen LogP) is 9.21. The molecule has 0 unspecified atom stereocenters. The average molecular weight is 446 g/mol. The van der Waals surface area contributed by atoms with Crippen molar-refractivity contribution in [1.82, 2.24) is 0 Å². The highest BCUT2D eigenvalue weighted by molar-refractivity contribution is 5.90. The normalized spacial score (nSPS) is 14.0. The Balaban J connectivity index is 1.74. The van der Waals surface area contributed by atoms with Crippen LogP contribution in [-0.2, 0) is 5.41 Å². The molecule has 0 aliphatic heterocycles. The average Bonchev–Trinajstić information content (AvgIpc) is 3.03. The molecule has 0 N–H and O–H groups in total. The molecule has 1 nitrogen and oxygen atoms in total. The van der Waals surface area contributed by atoms with E-state index in [2.05, 4.69) is 138 Å². The van der Waals surface area contributed by atoms with E-state index in [1.807, 2.05) is 0 Å². The molecule has 1 aliphatic rings. The molecule has 0 radical (unpaired) electrons. The molecule has 0 bridgehead atoms. The lowest BCUT2D eigenvalue weighted by molar-refractivity contribution is 0.551. The summed E-state index contributed by atoms with van der Waals surface area (Å²) in [5.74, 6) is 0. The second kappa shape index (κ2) is 7.87. The first-order valence-electron chi connectivity index (χ1n) is 12.3. The second-order valence-corrected chi connectivity index (χ2v) is 11.2. The summed E-state index contributed by atoms with van der Waals surface area (Å²) >= 11 is 0. The highest BCUT2D eigenvalue weighted by Gasteiger charge is 2.41. The minimum absolute atomic E-state index is 0.0608. The van der Waals surface area contributed by atoms with E-state index >= 15 is 0 Å². The summed E-state index contributed by atoms with van der Waals surface area (Å²) in [5, 5.41) is 0. The summed E-state index contributed by atoms with van der Waals surface area (Å²) in [4.78, 5) is 2.58. The first kappa shape index (κ1) is 22.5. The molecule has 4 aromatic carbocycles. The summed E-state index contributed by atoms with van der Waals surface area (Å²) < 4.78 is 0. The maximum atomic E-state index is 2.58. The van der Waals surface area contributed by atoms with Gasteiger partial charge in [0, 0.05) is 22.3 Å². The molecule has 1 aliphatic carbocycles. The Kier molecular flexibility index (Phi) is 5.20. The van der Waals surface area contributed by atoms with Crippen molar-refractivity contribution in [2.24, 2.45) is 0 Å². The Morgan fingerprint density at radius 2 is 1.32 bits per heavy atom. The standard InChI is InChI=1S/C33H35N/c1-22-17-19-27-26-15-11-12-16-28(26)33(6,7)30(27)31(22)34(32(3,4)5)29-20-18-25(21-23(29)2)24-13-9-8-10-14-24/h8-21H,1-7H3. The highest BCUT2D eigenvalue weighted by atomic mass is 15.2. The smallest absolute Gasteiger partial charge is 0.0493 e. The van der Waals surface area contributed by atoms with E-state index < -0.39 is 0 Å². The first-order valence-corrected chi connectivity index (χ1v) is 12.3. The minimum atomic E-state index is -0.0935. The number of fused-ring (bicyclic) bond motifs is 3. The Morgan fingerprint density at radius 3 is 2.00 bits per heavy atom. The number of hydrogen-bond acceptors (Lipinski definition) is 1. The molecular formula is C33H35N. The molecule has 1 heteroatoms. The SMILES string of the molecule is Cc1cc(-c2ccccc2)ccc1N(c1c(C)ccc2c1C(C)(C)c1ccccc1-2)C(C)(C)C. The first-order chi connectivity index (χ1) is 16.1. The summed E-state index contributed by atoms with van der Waals surface area (Å²) in [6.07, 6.45) is 0. The van der Waals surface area contributed by atoms with E-state index in [9.17, 15) is 0 Å². The third-order valence-electron chi connectivity index (χ3n) is 7.33. The maximum Gasteiger partial charge on any atom is 0.0493 e. The van der Waals surface area contributed by atoms with E-state index in [1.54, 1.807) is 0 Å². The fourth-order valence-electron chi connectivity index (χ4n) is 5.77. The van der Waals surface area contributed by atoms with Crippen molar-refractivity contribution in [3.8, 4) is 22.3 Å². The zero-order valence-electron chi connectivity index (χ0n) is 21.5. The van der Waals surface area contributed by atoms with Crippen LogP contribution in [0.3, 0.4) is 0 Å². The lowest BCUT2D eigenvalue weighted by atomic mass is 9.80. The lowest BCUT2D eigenvalue weighted by Gasteiger charge is -2.42. The van der Waals surface area contributed by atoms with Gasteiger partial charge in [-0.25, -0.2) is 0 Å². The number of benzene rings is 4. The number of anilines is 2. The Hall–Kier alpha value is -3.32. The number of rotatable bonds is 3. The fourth-order valence-corrected chi connectivity index (χ4v) is 5.77. The minimum Gasteiger partial charge on any atom is -0.335 e. The van der Waals surface area contributed by atoms with Crippen LogP contribution in [0.5, 0.6) is 0 Å². The Morgan fingerprint density at radius 1 is 0.647 bits per heavy atom. The topological polar surface area (TPSA) is 3.24 Å². The van der Waals surface area contributed by atoms with Gasteiger partial charge in [0.25, 0.3) is 0 Å². The van der Waals surface area contributed by atoms with Crippen molar-refractivity contribution in [1.29, 1.82) is 0 Å². The van der Waals surface area contributed by atoms with Gasteiger partial charge in [-0.1, -0.05) is 86.6 Å². The van der Waals surface area contributed by atoms with Gasteiger partial charge in [0.15, 0.2) is 0 Å². The van der Waals surface area contributed by atoms with E-state index in [-0.39, 0.29) is 11.0 Å². The van der Waals surface area contributed by atoms with Crippen molar-refractivity contribution in [3.05, 3.63) is 107 Å². The summed E-state index contributed by atoms with van der Waals surface area (Å²) in [6, 6.07) is 31.1. The molecule has 0 atom stereocenters. The zero-order valence-corrected chi connectivity index (χ0v) is 21.5. The van der Waals surface area contributed by atoms with Crippen LogP contribution in [0.2, 0.25) is 0 Å². The van der Waals surface area contributed by atoms with E-state index in [4.69, 9.17) is 0 Å². The highest BCUT2D eigenvalue weighted by Crippen LogP contribution is 2.55. The van der Waals surface area contributed by atoms with Crippen molar-refractivity contribution in [3.63, 3.8) is 0 Å². The summed E-state index contributed by atoms with van der Waals surface area (Å²) in [6.45, 7) is 16.3. The van der Waals surface area contributed by atoms with Crippen molar-refractivity contribution < 1.29 is 0 Å². The monoisotopic (exact) mass is 445 g/mol. The van der Waals surface area contributed by atoms with Gasteiger partial charge < -0.3 is 4.90 Å². The molecule has 0 aromatic heterocycles. The molecule has 0 amide bonds. The number of hydrogen-bond donors (Lipinski definition) is 0. The molecule has 172 valence electrons. The predicted molar refractivity (Wildman–Crippen MR) is 147 cm³/mol. The molecule has 0 saturated carbocycles. The number of nitrogens with zero attached hydrogens (tertiary/aromatic N) is 1. The summed E-state index contributed by atoms with van der Waals surface area (Å²) in [5.41, 5.74) is 13.2. The van der Waals surface area contributed by atoms with Gasteiger partial charge in [-0.15, -0.1) is 0 Å². The third-order valence-corrected chi connectivity index (χ3v) is 7.33. The lowest BCUT2D eigenvalue weighted by Crippen LogP contribution is -2.40. The van der Waals surface area contributed by atoms with Crippen LogP contribution in [0, 0.1) is 13.8 Å². The Bertz CT molecular complexity index is 1370. The van der Waals surface area contributed by atoms with E-state index in [0.717, 1.165) is 0 Å². The van der Waals surface area contributed by atoms with Gasteiger partial charge in [-0.2, -0.15) is 0 Å². The van der Waals surface area contributed by atoms with Gasteiger partial charge in [0.05, 0.1) is 0 Å². The molecule has 0 spiro atoms. The van der Waals surface area contributed by atoms with Crippen LogP contribution in [0.15, 0.2) is 84.9 Å². The zero-order chi connectivity index (χ0) is 24.3. The Labute approximate surface area is 205 Å². The van der Waals surface area contributed by atoms with Crippen LogP contribution in [0.25, 0.3) is 22.3 Å². The second-order valence-electron chi connectivity index (χ2n) is 11.2. The quantitative estimate of drug-likeness (QED) is 0.304. The molecule has 0 saturated heterocycles. The van der Waals surface area contributed by atoms with Crippen molar-refractivity contribution in [2.75, 3.05) is 4.90 Å². The van der Waals surface area contributed by atoms with Gasteiger partial charge in [-0.3, -0.25) is 0 Å². The van der Waals surface area contributed by atoms with Gasteiger partial charge >= 0.3 is 0 Å². The van der Waals surface area contributed by atoms with Crippen molar-refractivity contribution >= 4 is 11.4 Å². The fraction of sp³-hybridized carbons (Fsp3) is 0.273. The molecule has 5 rings (SSSR count). The van der Waals surface area contributed by atoms with E-state index in [0.29, 0.717) is 0 Å². The van der Waals surface area contributed by atoms with Crippen LogP contribution in [0.4, 0.5) is 11.4 Å².